The number of aliphatic imine (C=N–C) groups is 2. The maximum Gasteiger partial charge on any atom is 0.174 e. The monoisotopic (exact) mass is 980 g/mol. The molecule has 18 nitrogen and oxygen atoms in total. The summed E-state index contributed by atoms with van der Waals surface area (Å²) in [4.78, 5) is 24.9. The fraction of sp³-hybridized carbons (Fsp3) is 0.200. The molecular weight excluding hydrogens is 932 g/mol. The lowest BCUT2D eigenvalue weighted by Gasteiger charge is -2.08. The van der Waals surface area contributed by atoms with Gasteiger partial charge in [-0.2, -0.15) is 0 Å². The minimum absolute atomic E-state index is 0. The fourth-order valence-corrected chi connectivity index (χ4v) is 7.54. The first kappa shape index (κ1) is 48.2. The number of hydrogen-bond donors (Lipinski definition) is 4. The maximum absolute atomic E-state index is 6.18. The van der Waals surface area contributed by atoms with Crippen LogP contribution in [0.5, 0.6) is 11.5 Å². The molecule has 6 N–H and O–H groups in total. The van der Waals surface area contributed by atoms with Gasteiger partial charge in [0.25, 0.3) is 0 Å². The van der Waals surface area contributed by atoms with Crippen molar-refractivity contribution in [3.8, 4) is 45.8 Å². The van der Waals surface area contributed by atoms with E-state index in [2.05, 4.69) is 40.6 Å². The average Bonchev–Trinajstić information content (AvgIpc) is 4.20. The van der Waals surface area contributed by atoms with Crippen LogP contribution in [0.2, 0.25) is 0 Å². The highest BCUT2D eigenvalue weighted by Gasteiger charge is 2.15. The van der Waals surface area contributed by atoms with Crippen LogP contribution in [0, 0.1) is 0 Å². The first-order valence-corrected chi connectivity index (χ1v) is 22.1. The van der Waals surface area contributed by atoms with Crippen molar-refractivity contribution in [2.75, 3.05) is 0 Å². The Hall–Kier alpha value is -8.22. The molecule has 6 heterocycles. The average molecular weight is 982 g/mol. The van der Waals surface area contributed by atoms with Gasteiger partial charge in [0.15, 0.2) is 23.2 Å². The lowest BCUT2D eigenvalue weighted by Crippen LogP contribution is -2.15. The number of furan rings is 2. The number of H-pyrrole nitrogens is 2. The predicted octanol–water partition coefficient (Wildman–Crippen LogP) is 9.13. The summed E-state index contributed by atoms with van der Waals surface area (Å²) >= 11 is 0. The molecule has 0 bridgehead atoms. The summed E-state index contributed by atoms with van der Waals surface area (Å²) in [5.74, 6) is 6.30. The van der Waals surface area contributed by atoms with Crippen molar-refractivity contribution in [3.05, 3.63) is 156 Å². The van der Waals surface area contributed by atoms with E-state index in [1.165, 1.54) is 0 Å². The molecule has 0 spiro atoms. The number of benzene rings is 4. The number of ether oxygens (including phenoxy) is 2. The molecule has 0 aliphatic heterocycles. The van der Waals surface area contributed by atoms with E-state index in [4.69, 9.17) is 39.7 Å². The Balaban J connectivity index is 0.00000329. The smallest absolute Gasteiger partial charge is 0.174 e. The SMILES string of the molecule is CC(C)N=C(N)c1ccc2nc(-c3ccc(Cn4cc(COc5ccc(-c6ccc(OCc7cn(Cc8ccc(-c9nc%10ccc(C(N)=NC(C)C)cc%10[nH]9)o8)nn7)cc6)cc5)nn4)o3)[nH]c2c1.Cl.Cl. The lowest BCUT2D eigenvalue weighted by atomic mass is 10.1. The second-order valence-electron chi connectivity index (χ2n) is 16.8. The summed E-state index contributed by atoms with van der Waals surface area (Å²) in [7, 11) is 0. The molecule has 0 aliphatic carbocycles. The van der Waals surface area contributed by atoms with Gasteiger partial charge in [-0.15, -0.1) is 35.0 Å². The number of nitrogens with one attached hydrogen (secondary N) is 2. The van der Waals surface area contributed by atoms with Gasteiger partial charge in [-0.3, -0.25) is 9.98 Å². The van der Waals surface area contributed by atoms with Crippen LogP contribution in [0.15, 0.2) is 140 Å². The van der Waals surface area contributed by atoms with Crippen LogP contribution in [0.1, 0.15) is 61.7 Å². The zero-order valence-electron chi connectivity index (χ0n) is 38.6. The molecule has 0 amide bonds. The molecule has 10 rings (SSSR count). The number of aromatic nitrogens is 10. The zero-order chi connectivity index (χ0) is 46.7. The molecule has 0 aliphatic rings. The van der Waals surface area contributed by atoms with Gasteiger partial charge in [0, 0.05) is 23.2 Å². The van der Waals surface area contributed by atoms with Gasteiger partial charge >= 0.3 is 0 Å². The minimum atomic E-state index is 0. The molecule has 0 saturated carbocycles. The fourth-order valence-electron chi connectivity index (χ4n) is 7.54. The molecule has 0 unspecified atom stereocenters. The predicted molar refractivity (Wildman–Crippen MR) is 273 cm³/mol. The summed E-state index contributed by atoms with van der Waals surface area (Å²) in [5, 5.41) is 17.1. The van der Waals surface area contributed by atoms with Crippen LogP contribution < -0.4 is 20.9 Å². The second kappa shape index (κ2) is 21.0. The van der Waals surface area contributed by atoms with Crippen molar-refractivity contribution in [2.45, 2.75) is 66.1 Å². The van der Waals surface area contributed by atoms with Crippen molar-refractivity contribution in [1.29, 1.82) is 0 Å². The third-order valence-electron chi connectivity index (χ3n) is 10.8. The Morgan fingerprint density at radius 3 is 1.39 bits per heavy atom. The minimum Gasteiger partial charge on any atom is -0.487 e. The molecule has 0 radical (unpaired) electrons. The Morgan fingerprint density at radius 2 is 0.986 bits per heavy atom. The van der Waals surface area contributed by atoms with Crippen LogP contribution in [-0.4, -0.2) is 73.7 Å². The maximum atomic E-state index is 6.18. The van der Waals surface area contributed by atoms with Crippen LogP contribution in [0.3, 0.4) is 0 Å². The van der Waals surface area contributed by atoms with E-state index in [-0.39, 0.29) is 50.1 Å². The molecule has 0 saturated heterocycles. The highest BCUT2D eigenvalue weighted by molar-refractivity contribution is 6.01. The Labute approximate surface area is 414 Å². The highest BCUT2D eigenvalue weighted by atomic mass is 35.5. The number of hydrogen-bond acceptors (Lipinski definition) is 12. The highest BCUT2D eigenvalue weighted by Crippen LogP contribution is 2.28. The number of aromatic amines is 2. The normalized spacial score (nSPS) is 12.0. The summed E-state index contributed by atoms with van der Waals surface area (Å²) in [5.41, 5.74) is 20.8. The van der Waals surface area contributed by atoms with E-state index in [1.54, 1.807) is 9.36 Å². The summed E-state index contributed by atoms with van der Waals surface area (Å²) < 4.78 is 27.7. The number of imidazole rings is 2. The van der Waals surface area contributed by atoms with Crippen LogP contribution >= 0.6 is 24.8 Å². The van der Waals surface area contributed by atoms with E-state index in [0.29, 0.717) is 82.3 Å². The van der Waals surface area contributed by atoms with Gasteiger partial charge < -0.3 is 39.7 Å². The van der Waals surface area contributed by atoms with Gasteiger partial charge in [0.2, 0.25) is 0 Å². The van der Waals surface area contributed by atoms with E-state index in [9.17, 15) is 0 Å². The molecule has 10 aromatic rings. The van der Waals surface area contributed by atoms with Crippen molar-refractivity contribution >= 4 is 58.6 Å². The Bertz CT molecular complexity index is 3190. The number of amidine groups is 2. The van der Waals surface area contributed by atoms with Gasteiger partial charge in [0.05, 0.1) is 34.5 Å². The number of rotatable bonds is 17. The number of nitrogens with two attached hydrogens (primary N) is 2. The van der Waals surface area contributed by atoms with E-state index in [0.717, 1.165) is 44.3 Å². The molecule has 4 aromatic carbocycles. The molecule has 0 fully saturated rings. The first-order valence-electron chi connectivity index (χ1n) is 22.1. The number of halogens is 2. The molecular formula is C50H50Cl2N14O4. The van der Waals surface area contributed by atoms with Crippen molar-refractivity contribution in [2.24, 2.45) is 21.5 Å². The van der Waals surface area contributed by atoms with Crippen LogP contribution in [-0.2, 0) is 26.3 Å². The molecule has 70 heavy (non-hydrogen) atoms. The van der Waals surface area contributed by atoms with E-state index >= 15 is 0 Å². The Morgan fingerprint density at radius 1 is 0.571 bits per heavy atom. The van der Waals surface area contributed by atoms with Crippen LogP contribution in [0.4, 0.5) is 0 Å². The molecule has 6 aromatic heterocycles. The second-order valence-corrected chi connectivity index (χ2v) is 16.8. The van der Waals surface area contributed by atoms with Gasteiger partial charge in [-0.05, 0) is 124 Å². The van der Waals surface area contributed by atoms with Gasteiger partial charge in [0.1, 0.15) is 72.4 Å². The number of nitrogens with zero attached hydrogens (tertiary/aromatic N) is 10. The summed E-state index contributed by atoms with van der Waals surface area (Å²) in [6, 6.07) is 35.1. The van der Waals surface area contributed by atoms with Crippen molar-refractivity contribution in [1.82, 2.24) is 49.9 Å². The molecule has 358 valence electrons. The Kier molecular flexibility index (Phi) is 14.5. The summed E-state index contributed by atoms with van der Waals surface area (Å²) in [6.45, 7) is 9.27. The third-order valence-corrected chi connectivity index (χ3v) is 10.8. The quantitative estimate of drug-likeness (QED) is 0.0493. The van der Waals surface area contributed by atoms with E-state index < -0.39 is 0 Å². The largest absolute Gasteiger partial charge is 0.487 e. The first-order chi connectivity index (χ1) is 33.0. The van der Waals surface area contributed by atoms with E-state index in [1.807, 2.05) is 149 Å². The standard InChI is InChI=1S/C50H48N14O4.2ClH/c1-29(2)53-47(51)33-9-17-41-43(21-33)57-49(55-41)45-19-15-39(67-45)25-63-23-35(59-61-63)27-65-37-11-5-31(6-12-37)32-7-13-38(14-8-32)66-28-36-24-64(62-60-36)26-40-16-20-46(68-40)50-56-42-18-10-34(22-44(42)58-50)48(52)54-30(3)4;;/h5-24,29-30H,25-28H2,1-4H3,(H2,51,53)(H2,52,54)(H,55,57)(H,56,58);2*1H. The van der Waals surface area contributed by atoms with Crippen molar-refractivity contribution in [3.63, 3.8) is 0 Å². The third kappa shape index (κ3) is 11.2. The topological polar surface area (TPSA) is 240 Å². The van der Waals surface area contributed by atoms with Gasteiger partial charge in [-0.25, -0.2) is 19.3 Å². The number of fused-ring (bicyclic) bond motifs is 2. The molecule has 20 heteroatoms. The van der Waals surface area contributed by atoms with Crippen LogP contribution in [0.25, 0.3) is 56.4 Å². The zero-order valence-corrected chi connectivity index (χ0v) is 40.2. The lowest BCUT2D eigenvalue weighted by molar-refractivity contribution is 0.301. The summed E-state index contributed by atoms with van der Waals surface area (Å²) in [6.07, 6.45) is 3.68. The molecule has 0 atom stereocenters. The van der Waals surface area contributed by atoms with Crippen molar-refractivity contribution < 1.29 is 18.3 Å². The van der Waals surface area contributed by atoms with Gasteiger partial charge in [-0.1, -0.05) is 34.7 Å².